The van der Waals surface area contributed by atoms with Gasteiger partial charge in [-0.05, 0) is 30.7 Å². The summed E-state index contributed by atoms with van der Waals surface area (Å²) in [4.78, 5) is 12.0. The first-order chi connectivity index (χ1) is 6.16. The van der Waals surface area contributed by atoms with Gasteiger partial charge in [0.15, 0.2) is 5.82 Å². The van der Waals surface area contributed by atoms with Crippen molar-refractivity contribution in [2.45, 2.75) is 6.92 Å². The fourth-order valence-electron chi connectivity index (χ4n) is 1.10. The Balaban J connectivity index is 2.87. The molecule has 66 valence electrons. The van der Waals surface area contributed by atoms with Gasteiger partial charge in [-0.25, -0.2) is 9.97 Å². The summed E-state index contributed by atoms with van der Waals surface area (Å²) in [5.41, 5.74) is 7.78. The van der Waals surface area contributed by atoms with E-state index < -0.39 is 0 Å². The Morgan fingerprint density at radius 2 is 2.00 bits per heavy atom. The summed E-state index contributed by atoms with van der Waals surface area (Å²) in [5.74, 6) is 0.318. The average molecular weight is 195 g/mol. The van der Waals surface area contributed by atoms with Crippen molar-refractivity contribution < 1.29 is 0 Å². The largest absolute Gasteiger partial charge is 0.382 e. The van der Waals surface area contributed by atoms with Crippen LogP contribution in [0.4, 0.5) is 5.82 Å². The van der Waals surface area contributed by atoms with Gasteiger partial charge >= 0.3 is 0 Å². The molecule has 0 saturated carbocycles. The van der Waals surface area contributed by atoms with Gasteiger partial charge in [0.05, 0.1) is 5.52 Å². The van der Waals surface area contributed by atoms with Crippen LogP contribution in [0.25, 0.3) is 11.0 Å². The Hall–Kier alpha value is -1.42. The van der Waals surface area contributed by atoms with Gasteiger partial charge in [-0.2, -0.15) is 4.98 Å². The number of fused-ring (bicyclic) bond motifs is 1. The van der Waals surface area contributed by atoms with Crippen LogP contribution >= 0.6 is 11.6 Å². The molecule has 0 atom stereocenters. The first-order valence-electron chi connectivity index (χ1n) is 3.73. The van der Waals surface area contributed by atoms with E-state index in [1.54, 1.807) is 0 Å². The number of hydrogen-bond donors (Lipinski definition) is 1. The summed E-state index contributed by atoms with van der Waals surface area (Å²) in [6, 6.07) is 3.67. The van der Waals surface area contributed by atoms with Crippen molar-refractivity contribution in [3.05, 3.63) is 23.1 Å². The van der Waals surface area contributed by atoms with Crippen molar-refractivity contribution >= 4 is 28.5 Å². The summed E-state index contributed by atoms with van der Waals surface area (Å²) in [6.45, 7) is 1.88. The minimum absolute atomic E-state index is 0.149. The first kappa shape index (κ1) is 8.19. The maximum absolute atomic E-state index is 5.63. The van der Waals surface area contributed by atoms with Gasteiger partial charge in [0.25, 0.3) is 0 Å². The lowest BCUT2D eigenvalue weighted by Gasteiger charge is -2.00. The van der Waals surface area contributed by atoms with Crippen LogP contribution < -0.4 is 5.73 Å². The van der Waals surface area contributed by atoms with Crippen molar-refractivity contribution in [2.24, 2.45) is 0 Å². The molecule has 0 aromatic carbocycles. The van der Waals surface area contributed by atoms with Gasteiger partial charge in [0.1, 0.15) is 5.52 Å². The van der Waals surface area contributed by atoms with Crippen LogP contribution in [-0.4, -0.2) is 15.0 Å². The predicted molar refractivity (Wildman–Crippen MR) is 51.5 cm³/mol. The van der Waals surface area contributed by atoms with Crippen LogP contribution in [0, 0.1) is 6.92 Å². The van der Waals surface area contributed by atoms with Crippen molar-refractivity contribution in [2.75, 3.05) is 5.73 Å². The number of hydrogen-bond acceptors (Lipinski definition) is 4. The Morgan fingerprint density at radius 1 is 1.23 bits per heavy atom. The highest BCUT2D eigenvalue weighted by atomic mass is 35.5. The van der Waals surface area contributed by atoms with Gasteiger partial charge in [-0.3, -0.25) is 0 Å². The molecule has 0 aliphatic carbocycles. The van der Waals surface area contributed by atoms with E-state index in [1.807, 2.05) is 19.1 Å². The number of nitrogen functional groups attached to an aromatic ring is 1. The number of nitrogens with two attached hydrogens (primary N) is 1. The van der Waals surface area contributed by atoms with Crippen LogP contribution in [0.1, 0.15) is 5.69 Å². The third-order valence-corrected chi connectivity index (χ3v) is 1.85. The van der Waals surface area contributed by atoms with E-state index >= 15 is 0 Å². The Bertz CT molecular complexity index is 469. The van der Waals surface area contributed by atoms with E-state index in [9.17, 15) is 0 Å². The summed E-state index contributed by atoms with van der Waals surface area (Å²) in [5, 5.41) is 0.149. The number of anilines is 1. The van der Waals surface area contributed by atoms with Crippen LogP contribution in [0.2, 0.25) is 5.28 Å². The number of nitrogens with zero attached hydrogens (tertiary/aromatic N) is 3. The van der Waals surface area contributed by atoms with Gasteiger partial charge in [-0.1, -0.05) is 0 Å². The zero-order chi connectivity index (χ0) is 9.42. The van der Waals surface area contributed by atoms with Crippen LogP contribution in [0.5, 0.6) is 0 Å². The third kappa shape index (κ3) is 1.40. The van der Waals surface area contributed by atoms with E-state index in [-0.39, 0.29) is 5.28 Å². The molecule has 0 fully saturated rings. The molecule has 0 radical (unpaired) electrons. The Morgan fingerprint density at radius 3 is 2.77 bits per heavy atom. The molecule has 0 spiro atoms. The molecule has 0 unspecified atom stereocenters. The number of aromatic nitrogens is 3. The van der Waals surface area contributed by atoms with E-state index in [2.05, 4.69) is 15.0 Å². The lowest BCUT2D eigenvalue weighted by atomic mass is 10.3. The maximum Gasteiger partial charge on any atom is 0.225 e. The molecule has 2 aromatic heterocycles. The first-order valence-corrected chi connectivity index (χ1v) is 4.11. The average Bonchev–Trinajstić information content (AvgIpc) is 2.06. The standard InChI is InChI=1S/C8H7ClN4/c1-4-2-3-5-6(11-4)7(10)13-8(9)12-5/h2-3H,1H3,(H2,10,12,13). The second kappa shape index (κ2) is 2.81. The smallest absolute Gasteiger partial charge is 0.225 e. The molecule has 0 aliphatic rings. The summed E-state index contributed by atoms with van der Waals surface area (Å²) in [7, 11) is 0. The molecule has 4 nitrogen and oxygen atoms in total. The molecule has 0 aliphatic heterocycles. The Labute approximate surface area is 79.8 Å². The molecule has 2 N–H and O–H groups in total. The van der Waals surface area contributed by atoms with Crippen molar-refractivity contribution in [3.63, 3.8) is 0 Å². The quantitative estimate of drug-likeness (QED) is 0.647. The van der Waals surface area contributed by atoms with E-state index in [1.165, 1.54) is 0 Å². The molecule has 2 heterocycles. The van der Waals surface area contributed by atoms with Gasteiger partial charge < -0.3 is 5.73 Å². The summed E-state index contributed by atoms with van der Waals surface area (Å²) in [6.07, 6.45) is 0. The van der Waals surface area contributed by atoms with Crippen LogP contribution in [0.15, 0.2) is 12.1 Å². The monoisotopic (exact) mass is 194 g/mol. The van der Waals surface area contributed by atoms with E-state index in [0.717, 1.165) is 5.69 Å². The fraction of sp³-hybridized carbons (Fsp3) is 0.125. The van der Waals surface area contributed by atoms with Gasteiger partial charge in [0, 0.05) is 5.69 Å². The molecular formula is C8H7ClN4. The minimum Gasteiger partial charge on any atom is -0.382 e. The lowest BCUT2D eigenvalue weighted by Crippen LogP contribution is -1.97. The highest BCUT2D eigenvalue weighted by Crippen LogP contribution is 2.17. The summed E-state index contributed by atoms with van der Waals surface area (Å²) < 4.78 is 0. The maximum atomic E-state index is 5.63. The fourth-order valence-corrected chi connectivity index (χ4v) is 1.29. The predicted octanol–water partition coefficient (Wildman–Crippen LogP) is 1.57. The molecule has 2 rings (SSSR count). The van der Waals surface area contributed by atoms with Crippen molar-refractivity contribution in [1.29, 1.82) is 0 Å². The van der Waals surface area contributed by atoms with Crippen molar-refractivity contribution in [1.82, 2.24) is 15.0 Å². The highest BCUT2D eigenvalue weighted by Gasteiger charge is 2.04. The number of rotatable bonds is 0. The van der Waals surface area contributed by atoms with E-state index in [4.69, 9.17) is 17.3 Å². The lowest BCUT2D eigenvalue weighted by molar-refractivity contribution is 1.18. The minimum atomic E-state index is 0.149. The zero-order valence-corrected chi connectivity index (χ0v) is 7.71. The zero-order valence-electron chi connectivity index (χ0n) is 6.95. The highest BCUT2D eigenvalue weighted by molar-refractivity contribution is 6.28. The molecular weight excluding hydrogens is 188 g/mol. The van der Waals surface area contributed by atoms with Crippen molar-refractivity contribution in [3.8, 4) is 0 Å². The van der Waals surface area contributed by atoms with Crippen LogP contribution in [0.3, 0.4) is 0 Å². The molecule has 5 heteroatoms. The number of aryl methyl sites for hydroxylation is 1. The molecule has 0 bridgehead atoms. The topological polar surface area (TPSA) is 64.7 Å². The van der Waals surface area contributed by atoms with Gasteiger partial charge in [-0.15, -0.1) is 0 Å². The number of halogens is 1. The number of pyridine rings is 1. The molecule has 13 heavy (non-hydrogen) atoms. The Kier molecular flexibility index (Phi) is 1.77. The molecule has 2 aromatic rings. The third-order valence-electron chi connectivity index (χ3n) is 1.68. The second-order valence-corrected chi connectivity index (χ2v) is 3.04. The van der Waals surface area contributed by atoms with Gasteiger partial charge in [0.2, 0.25) is 5.28 Å². The molecule has 0 saturated heterocycles. The normalized spacial score (nSPS) is 10.6. The van der Waals surface area contributed by atoms with E-state index in [0.29, 0.717) is 16.9 Å². The SMILES string of the molecule is Cc1ccc2nc(Cl)nc(N)c2n1. The molecule has 0 amide bonds. The van der Waals surface area contributed by atoms with Crippen LogP contribution in [-0.2, 0) is 0 Å². The second-order valence-electron chi connectivity index (χ2n) is 2.70. The summed E-state index contributed by atoms with van der Waals surface area (Å²) >= 11 is 5.63.